The molecule has 0 aromatic heterocycles. The van der Waals surface area contributed by atoms with E-state index >= 15 is 0 Å². The SMILES string of the molecule is CNCC(O)C(O)c1ccccc1-c1ccccc1. The quantitative estimate of drug-likeness (QED) is 0.767. The van der Waals surface area contributed by atoms with Crippen LogP contribution in [-0.2, 0) is 0 Å². The first-order valence-corrected chi connectivity index (χ1v) is 6.39. The van der Waals surface area contributed by atoms with Gasteiger partial charge in [-0.15, -0.1) is 0 Å². The summed E-state index contributed by atoms with van der Waals surface area (Å²) in [6.45, 7) is 0.351. The van der Waals surface area contributed by atoms with Gasteiger partial charge in [-0.25, -0.2) is 0 Å². The van der Waals surface area contributed by atoms with Crippen LogP contribution >= 0.6 is 0 Å². The summed E-state index contributed by atoms with van der Waals surface area (Å²) in [5.74, 6) is 0. The van der Waals surface area contributed by atoms with Crippen molar-refractivity contribution in [2.75, 3.05) is 13.6 Å². The maximum Gasteiger partial charge on any atom is 0.107 e. The summed E-state index contributed by atoms with van der Waals surface area (Å²) >= 11 is 0. The van der Waals surface area contributed by atoms with Crippen molar-refractivity contribution in [3.8, 4) is 11.1 Å². The van der Waals surface area contributed by atoms with E-state index in [0.717, 1.165) is 16.7 Å². The predicted molar refractivity (Wildman–Crippen MR) is 76.8 cm³/mol. The lowest BCUT2D eigenvalue weighted by Crippen LogP contribution is -2.29. The molecule has 0 spiro atoms. The second kappa shape index (κ2) is 6.48. The molecule has 3 N–H and O–H groups in total. The molecule has 2 rings (SSSR count). The number of aliphatic hydroxyl groups is 2. The van der Waals surface area contributed by atoms with Crippen LogP contribution < -0.4 is 5.32 Å². The molecule has 2 aromatic rings. The van der Waals surface area contributed by atoms with Gasteiger partial charge in [0.1, 0.15) is 6.10 Å². The smallest absolute Gasteiger partial charge is 0.107 e. The molecule has 0 saturated heterocycles. The summed E-state index contributed by atoms with van der Waals surface area (Å²) in [6.07, 6.45) is -1.72. The van der Waals surface area contributed by atoms with Gasteiger partial charge < -0.3 is 15.5 Å². The lowest BCUT2D eigenvalue weighted by molar-refractivity contribution is 0.0206. The van der Waals surface area contributed by atoms with Crippen molar-refractivity contribution in [1.82, 2.24) is 5.32 Å². The van der Waals surface area contributed by atoms with Crippen LogP contribution in [-0.4, -0.2) is 29.9 Å². The third kappa shape index (κ3) is 3.20. The molecule has 2 aromatic carbocycles. The Morgan fingerprint density at radius 1 is 0.947 bits per heavy atom. The van der Waals surface area contributed by atoms with Crippen LogP contribution in [0, 0.1) is 0 Å². The zero-order valence-electron chi connectivity index (χ0n) is 11.0. The third-order valence-corrected chi connectivity index (χ3v) is 3.14. The van der Waals surface area contributed by atoms with Gasteiger partial charge in [0.25, 0.3) is 0 Å². The van der Waals surface area contributed by atoms with Gasteiger partial charge in [-0.2, -0.15) is 0 Å². The van der Waals surface area contributed by atoms with Gasteiger partial charge in [0.05, 0.1) is 6.10 Å². The van der Waals surface area contributed by atoms with E-state index in [1.807, 2.05) is 54.6 Å². The highest BCUT2D eigenvalue weighted by Crippen LogP contribution is 2.29. The largest absolute Gasteiger partial charge is 0.389 e. The Morgan fingerprint density at radius 2 is 1.58 bits per heavy atom. The molecule has 0 saturated carbocycles. The molecule has 3 nitrogen and oxygen atoms in total. The summed E-state index contributed by atoms with van der Waals surface area (Å²) in [5.41, 5.74) is 2.73. The third-order valence-electron chi connectivity index (χ3n) is 3.14. The topological polar surface area (TPSA) is 52.5 Å². The fourth-order valence-corrected chi connectivity index (χ4v) is 2.16. The van der Waals surface area contributed by atoms with Gasteiger partial charge in [0.2, 0.25) is 0 Å². The molecule has 3 heteroatoms. The molecule has 2 unspecified atom stereocenters. The lowest BCUT2D eigenvalue weighted by atomic mass is 9.94. The van der Waals surface area contributed by atoms with E-state index in [9.17, 15) is 10.2 Å². The second-order valence-electron chi connectivity index (χ2n) is 4.52. The first kappa shape index (κ1) is 13.7. The van der Waals surface area contributed by atoms with Crippen molar-refractivity contribution < 1.29 is 10.2 Å². The standard InChI is InChI=1S/C16H19NO2/c1-17-11-15(18)16(19)14-10-6-5-9-13(14)12-7-3-2-4-8-12/h2-10,15-19H,11H2,1H3. The molecule has 0 bridgehead atoms. The van der Waals surface area contributed by atoms with Crippen molar-refractivity contribution in [3.63, 3.8) is 0 Å². The van der Waals surface area contributed by atoms with Crippen LogP contribution in [0.25, 0.3) is 11.1 Å². The Balaban J connectivity index is 2.36. The van der Waals surface area contributed by atoms with Crippen molar-refractivity contribution in [2.45, 2.75) is 12.2 Å². The minimum Gasteiger partial charge on any atom is -0.389 e. The second-order valence-corrected chi connectivity index (χ2v) is 4.52. The summed E-state index contributed by atoms with van der Waals surface area (Å²) in [5, 5.41) is 23.1. The molecular weight excluding hydrogens is 238 g/mol. The maximum atomic E-state index is 10.3. The van der Waals surface area contributed by atoms with Crippen molar-refractivity contribution in [2.24, 2.45) is 0 Å². The zero-order chi connectivity index (χ0) is 13.7. The van der Waals surface area contributed by atoms with E-state index in [1.54, 1.807) is 7.05 Å². The van der Waals surface area contributed by atoms with Gasteiger partial charge in [-0.1, -0.05) is 54.6 Å². The van der Waals surface area contributed by atoms with Gasteiger partial charge in [0.15, 0.2) is 0 Å². The molecule has 0 heterocycles. The highest BCUT2D eigenvalue weighted by molar-refractivity contribution is 5.67. The summed E-state index contributed by atoms with van der Waals surface area (Å²) in [4.78, 5) is 0. The molecular formula is C16H19NO2. The predicted octanol–water partition coefficient (Wildman–Crippen LogP) is 1.97. The molecule has 19 heavy (non-hydrogen) atoms. The molecule has 2 atom stereocenters. The summed E-state index contributed by atoms with van der Waals surface area (Å²) < 4.78 is 0. The van der Waals surface area contributed by atoms with Gasteiger partial charge in [0, 0.05) is 6.54 Å². The van der Waals surface area contributed by atoms with Crippen molar-refractivity contribution >= 4 is 0 Å². The van der Waals surface area contributed by atoms with Crippen LogP contribution in [0.2, 0.25) is 0 Å². The van der Waals surface area contributed by atoms with E-state index in [4.69, 9.17) is 0 Å². The number of benzene rings is 2. The van der Waals surface area contributed by atoms with Crippen LogP contribution in [0.5, 0.6) is 0 Å². The first-order chi connectivity index (χ1) is 9.24. The van der Waals surface area contributed by atoms with E-state index in [1.165, 1.54) is 0 Å². The van der Waals surface area contributed by atoms with Crippen LogP contribution in [0.4, 0.5) is 0 Å². The number of aliphatic hydroxyl groups excluding tert-OH is 2. The monoisotopic (exact) mass is 257 g/mol. The minimum atomic E-state index is -0.899. The zero-order valence-corrected chi connectivity index (χ0v) is 11.0. The maximum absolute atomic E-state index is 10.3. The normalized spacial score (nSPS) is 14.1. The van der Waals surface area contributed by atoms with Crippen LogP contribution in [0.3, 0.4) is 0 Å². The van der Waals surface area contributed by atoms with Gasteiger partial charge in [-0.3, -0.25) is 0 Å². The molecule has 0 aliphatic rings. The van der Waals surface area contributed by atoms with Gasteiger partial charge >= 0.3 is 0 Å². The fraction of sp³-hybridized carbons (Fsp3) is 0.250. The highest BCUT2D eigenvalue weighted by Gasteiger charge is 2.20. The number of rotatable bonds is 5. The Kier molecular flexibility index (Phi) is 4.68. The van der Waals surface area contributed by atoms with E-state index < -0.39 is 12.2 Å². The molecule has 0 amide bonds. The molecule has 0 fully saturated rings. The average molecular weight is 257 g/mol. The van der Waals surface area contributed by atoms with E-state index in [-0.39, 0.29) is 0 Å². The number of likely N-dealkylation sites (N-methyl/N-ethyl adjacent to an activating group) is 1. The summed E-state index contributed by atoms with van der Waals surface area (Å²) in [7, 11) is 1.75. The fourth-order valence-electron chi connectivity index (χ4n) is 2.16. The minimum absolute atomic E-state index is 0.351. The van der Waals surface area contributed by atoms with Crippen molar-refractivity contribution in [1.29, 1.82) is 0 Å². The van der Waals surface area contributed by atoms with E-state index in [0.29, 0.717) is 6.54 Å². The lowest BCUT2D eigenvalue weighted by Gasteiger charge is -2.20. The molecule has 0 aliphatic heterocycles. The van der Waals surface area contributed by atoms with Crippen LogP contribution in [0.15, 0.2) is 54.6 Å². The Hall–Kier alpha value is -1.68. The van der Waals surface area contributed by atoms with Crippen molar-refractivity contribution in [3.05, 3.63) is 60.2 Å². The molecule has 0 aliphatic carbocycles. The average Bonchev–Trinajstić information content (AvgIpc) is 2.47. The Bertz CT molecular complexity index is 513. The summed E-state index contributed by atoms with van der Waals surface area (Å²) in [6, 6.07) is 17.5. The number of hydrogen-bond donors (Lipinski definition) is 3. The van der Waals surface area contributed by atoms with Gasteiger partial charge in [-0.05, 0) is 23.7 Å². The molecule has 100 valence electrons. The Morgan fingerprint density at radius 3 is 2.26 bits per heavy atom. The van der Waals surface area contributed by atoms with Crippen LogP contribution in [0.1, 0.15) is 11.7 Å². The Labute approximate surface area is 113 Å². The number of nitrogens with one attached hydrogen (secondary N) is 1. The highest BCUT2D eigenvalue weighted by atomic mass is 16.3. The number of hydrogen-bond acceptors (Lipinski definition) is 3. The first-order valence-electron chi connectivity index (χ1n) is 6.39. The molecule has 0 radical (unpaired) electrons. The van der Waals surface area contributed by atoms with E-state index in [2.05, 4.69) is 5.32 Å².